The van der Waals surface area contributed by atoms with Crippen molar-refractivity contribution in [2.75, 3.05) is 27.2 Å². The van der Waals surface area contributed by atoms with E-state index in [1.165, 1.54) is 35.3 Å². The van der Waals surface area contributed by atoms with Crippen molar-refractivity contribution in [3.63, 3.8) is 0 Å². The van der Waals surface area contributed by atoms with Gasteiger partial charge in [0.25, 0.3) is 0 Å². The Balaban J connectivity index is 2.13. The van der Waals surface area contributed by atoms with E-state index < -0.39 is 0 Å². The molecule has 0 spiro atoms. The van der Waals surface area contributed by atoms with Crippen molar-refractivity contribution in [3.8, 4) is 0 Å². The van der Waals surface area contributed by atoms with Crippen LogP contribution in [0.3, 0.4) is 0 Å². The fourth-order valence-electron chi connectivity index (χ4n) is 3.27. The monoisotopic (exact) mass is 286 g/mol. The van der Waals surface area contributed by atoms with Crippen LogP contribution in [0.25, 0.3) is 11.0 Å². The number of piperidine rings is 1. The van der Waals surface area contributed by atoms with Crippen LogP contribution in [0, 0.1) is 13.8 Å². The fraction of sp³-hybridized carbons (Fsp3) is 0.588. The third kappa shape index (κ3) is 2.83. The van der Waals surface area contributed by atoms with Crippen LogP contribution in [0.2, 0.25) is 0 Å². The van der Waals surface area contributed by atoms with Crippen molar-refractivity contribution in [2.45, 2.75) is 39.3 Å². The highest BCUT2D eigenvalue weighted by molar-refractivity contribution is 5.78. The van der Waals surface area contributed by atoms with Crippen LogP contribution in [0.15, 0.2) is 12.1 Å². The van der Waals surface area contributed by atoms with E-state index in [0.717, 1.165) is 25.2 Å². The number of hydrogen-bond acceptors (Lipinski definition) is 3. The van der Waals surface area contributed by atoms with Crippen LogP contribution < -0.4 is 5.32 Å². The molecule has 114 valence electrons. The number of rotatable bonds is 3. The van der Waals surface area contributed by atoms with Crippen molar-refractivity contribution in [3.05, 3.63) is 29.1 Å². The Kier molecular flexibility index (Phi) is 4.00. The van der Waals surface area contributed by atoms with E-state index in [1.807, 2.05) is 0 Å². The molecule has 1 aliphatic rings. The van der Waals surface area contributed by atoms with Crippen LogP contribution in [0.1, 0.15) is 35.8 Å². The van der Waals surface area contributed by atoms with Gasteiger partial charge in [-0.3, -0.25) is 0 Å². The Bertz CT molecular complexity index is 636. The van der Waals surface area contributed by atoms with Gasteiger partial charge in [0.1, 0.15) is 5.82 Å². The first-order valence-corrected chi connectivity index (χ1v) is 7.90. The molecule has 0 aliphatic carbocycles. The van der Waals surface area contributed by atoms with Gasteiger partial charge in [-0.25, -0.2) is 4.98 Å². The zero-order valence-corrected chi connectivity index (χ0v) is 13.6. The second-order valence-electron chi connectivity index (χ2n) is 6.54. The summed E-state index contributed by atoms with van der Waals surface area (Å²) in [5.41, 5.74) is 5.14. The quantitative estimate of drug-likeness (QED) is 0.941. The standard InChI is InChI=1S/C17H26N4/c1-12-9-15-16(10-13(12)2)21(14-5-7-18-8-6-14)17(19-15)11-20(3)4/h9-10,14,18H,5-8,11H2,1-4H3. The second kappa shape index (κ2) is 5.78. The molecule has 2 aromatic rings. The number of benzene rings is 1. The van der Waals surface area contributed by atoms with Gasteiger partial charge in [0.15, 0.2) is 0 Å². The summed E-state index contributed by atoms with van der Waals surface area (Å²) in [6.45, 7) is 7.48. The molecule has 0 unspecified atom stereocenters. The number of aryl methyl sites for hydroxylation is 2. The molecule has 4 nitrogen and oxygen atoms in total. The van der Waals surface area contributed by atoms with Gasteiger partial charge in [-0.2, -0.15) is 0 Å². The highest BCUT2D eigenvalue weighted by atomic mass is 15.2. The van der Waals surface area contributed by atoms with E-state index in [-0.39, 0.29) is 0 Å². The third-order valence-corrected chi connectivity index (χ3v) is 4.51. The predicted molar refractivity (Wildman–Crippen MR) is 87.7 cm³/mol. The zero-order chi connectivity index (χ0) is 15.0. The number of nitrogens with zero attached hydrogens (tertiary/aromatic N) is 3. The van der Waals surface area contributed by atoms with Gasteiger partial charge in [0, 0.05) is 6.04 Å². The Morgan fingerprint density at radius 1 is 1.19 bits per heavy atom. The number of aromatic nitrogens is 2. The topological polar surface area (TPSA) is 33.1 Å². The first kappa shape index (κ1) is 14.5. The van der Waals surface area contributed by atoms with Crippen LogP contribution >= 0.6 is 0 Å². The van der Waals surface area contributed by atoms with Crippen LogP contribution in [-0.4, -0.2) is 41.6 Å². The molecule has 1 saturated heterocycles. The predicted octanol–water partition coefficient (Wildman–Crippen LogP) is 2.64. The minimum Gasteiger partial charge on any atom is -0.324 e. The van der Waals surface area contributed by atoms with Crippen LogP contribution in [0.5, 0.6) is 0 Å². The molecule has 0 saturated carbocycles. The van der Waals surface area contributed by atoms with Crippen molar-refractivity contribution < 1.29 is 0 Å². The Morgan fingerprint density at radius 2 is 1.86 bits per heavy atom. The first-order chi connectivity index (χ1) is 10.1. The maximum atomic E-state index is 4.93. The molecule has 21 heavy (non-hydrogen) atoms. The number of fused-ring (bicyclic) bond motifs is 1. The van der Waals surface area contributed by atoms with Gasteiger partial charge >= 0.3 is 0 Å². The van der Waals surface area contributed by atoms with Gasteiger partial charge in [0.05, 0.1) is 17.6 Å². The van der Waals surface area contributed by atoms with Gasteiger partial charge < -0.3 is 14.8 Å². The highest BCUT2D eigenvalue weighted by Crippen LogP contribution is 2.29. The maximum absolute atomic E-state index is 4.93. The average molecular weight is 286 g/mol. The van der Waals surface area contributed by atoms with Crippen molar-refractivity contribution >= 4 is 11.0 Å². The SMILES string of the molecule is Cc1cc2nc(CN(C)C)n(C3CCNCC3)c2cc1C. The molecule has 1 N–H and O–H groups in total. The summed E-state index contributed by atoms with van der Waals surface area (Å²) >= 11 is 0. The average Bonchev–Trinajstić information content (AvgIpc) is 2.76. The van der Waals surface area contributed by atoms with Gasteiger partial charge in [-0.1, -0.05) is 0 Å². The van der Waals surface area contributed by atoms with Gasteiger partial charge in [-0.05, 0) is 77.1 Å². The third-order valence-electron chi connectivity index (χ3n) is 4.51. The van der Waals surface area contributed by atoms with Crippen molar-refractivity contribution in [1.29, 1.82) is 0 Å². The lowest BCUT2D eigenvalue weighted by molar-refractivity contribution is 0.335. The molecule has 1 aromatic heterocycles. The molecule has 1 aromatic carbocycles. The Hall–Kier alpha value is -1.39. The number of imidazole rings is 1. The first-order valence-electron chi connectivity index (χ1n) is 7.90. The van der Waals surface area contributed by atoms with E-state index in [0.29, 0.717) is 6.04 Å². The fourth-order valence-corrected chi connectivity index (χ4v) is 3.27. The molecular formula is C17H26N4. The van der Waals surface area contributed by atoms with Crippen LogP contribution in [-0.2, 0) is 6.54 Å². The summed E-state index contributed by atoms with van der Waals surface area (Å²) in [4.78, 5) is 7.14. The summed E-state index contributed by atoms with van der Waals surface area (Å²) in [7, 11) is 4.23. The van der Waals surface area contributed by atoms with Crippen molar-refractivity contribution in [2.24, 2.45) is 0 Å². The summed E-state index contributed by atoms with van der Waals surface area (Å²) in [5.74, 6) is 1.20. The second-order valence-corrected chi connectivity index (χ2v) is 6.54. The minimum absolute atomic E-state index is 0.577. The maximum Gasteiger partial charge on any atom is 0.124 e. The highest BCUT2D eigenvalue weighted by Gasteiger charge is 2.21. The van der Waals surface area contributed by atoms with Gasteiger partial charge in [0.2, 0.25) is 0 Å². The van der Waals surface area contributed by atoms with E-state index in [1.54, 1.807) is 0 Å². The molecule has 2 heterocycles. The van der Waals surface area contributed by atoms with E-state index in [2.05, 4.69) is 54.9 Å². The summed E-state index contributed by atoms with van der Waals surface area (Å²) < 4.78 is 2.50. The summed E-state index contributed by atoms with van der Waals surface area (Å²) in [6.07, 6.45) is 2.39. The smallest absolute Gasteiger partial charge is 0.124 e. The summed E-state index contributed by atoms with van der Waals surface area (Å²) in [5, 5.41) is 3.46. The minimum atomic E-state index is 0.577. The molecular weight excluding hydrogens is 260 g/mol. The molecule has 0 atom stereocenters. The van der Waals surface area contributed by atoms with E-state index in [4.69, 9.17) is 4.98 Å². The Morgan fingerprint density at radius 3 is 2.52 bits per heavy atom. The molecule has 1 aliphatic heterocycles. The number of hydrogen-bond donors (Lipinski definition) is 1. The Labute approximate surface area is 127 Å². The molecule has 0 bridgehead atoms. The number of nitrogens with one attached hydrogen (secondary N) is 1. The summed E-state index contributed by atoms with van der Waals surface area (Å²) in [6, 6.07) is 5.13. The molecule has 1 fully saturated rings. The lowest BCUT2D eigenvalue weighted by atomic mass is 10.0. The lowest BCUT2D eigenvalue weighted by Crippen LogP contribution is -2.30. The lowest BCUT2D eigenvalue weighted by Gasteiger charge is -2.27. The zero-order valence-electron chi connectivity index (χ0n) is 13.6. The molecule has 0 amide bonds. The van der Waals surface area contributed by atoms with Crippen LogP contribution in [0.4, 0.5) is 0 Å². The van der Waals surface area contributed by atoms with Gasteiger partial charge in [-0.15, -0.1) is 0 Å². The van der Waals surface area contributed by atoms with E-state index >= 15 is 0 Å². The van der Waals surface area contributed by atoms with E-state index in [9.17, 15) is 0 Å². The molecule has 0 radical (unpaired) electrons. The molecule has 4 heteroatoms. The largest absolute Gasteiger partial charge is 0.324 e. The van der Waals surface area contributed by atoms with Crippen molar-refractivity contribution in [1.82, 2.24) is 19.8 Å². The normalized spacial score (nSPS) is 17.0. The molecule has 3 rings (SSSR count).